The van der Waals surface area contributed by atoms with Crippen molar-refractivity contribution in [2.24, 2.45) is 0 Å². The topological polar surface area (TPSA) is 80.4 Å². The van der Waals surface area contributed by atoms with Crippen LogP contribution in [-0.4, -0.2) is 54.5 Å². The quantitative estimate of drug-likeness (QED) is 0.733. The monoisotopic (exact) mass is 440 g/mol. The highest BCUT2D eigenvalue weighted by atomic mass is 19.1. The smallest absolute Gasteiger partial charge is 0.227 e. The zero-order valence-corrected chi connectivity index (χ0v) is 17.0. The third kappa shape index (κ3) is 4.31. The van der Waals surface area contributed by atoms with Crippen LogP contribution in [0.2, 0.25) is 0 Å². The van der Waals surface area contributed by atoms with Crippen molar-refractivity contribution in [3.63, 3.8) is 0 Å². The van der Waals surface area contributed by atoms with Gasteiger partial charge in [-0.1, -0.05) is 6.07 Å². The number of fused-ring (bicyclic) bond motifs is 1. The molecular formula is C23H19F3N4O2. The molecule has 2 aromatic rings. The Kier molecular flexibility index (Phi) is 6.13. The second-order valence-corrected chi connectivity index (χ2v) is 7.87. The number of nitriles is 2. The van der Waals surface area contributed by atoms with Crippen LogP contribution in [0.15, 0.2) is 30.3 Å². The molecule has 32 heavy (non-hydrogen) atoms. The molecule has 0 unspecified atom stereocenters. The molecule has 4 rings (SSSR count). The lowest BCUT2D eigenvalue weighted by molar-refractivity contribution is -0.139. The van der Waals surface area contributed by atoms with E-state index in [2.05, 4.69) is 4.90 Å². The lowest BCUT2D eigenvalue weighted by atomic mass is 10.0. The Hall–Kier alpha value is -3.40. The summed E-state index contributed by atoms with van der Waals surface area (Å²) in [5.74, 6) is -2.54. The number of hydrogen-bond acceptors (Lipinski definition) is 5. The second kappa shape index (κ2) is 8.99. The number of morpholine rings is 1. The molecular weight excluding hydrogens is 421 g/mol. The molecule has 2 aliphatic rings. The predicted molar refractivity (Wildman–Crippen MR) is 107 cm³/mol. The highest BCUT2D eigenvalue weighted by Crippen LogP contribution is 2.28. The van der Waals surface area contributed by atoms with Crippen molar-refractivity contribution in [3.05, 3.63) is 70.0 Å². The number of piperazine rings is 1. The van der Waals surface area contributed by atoms with Crippen molar-refractivity contribution in [1.82, 2.24) is 9.80 Å². The zero-order chi connectivity index (χ0) is 22.8. The van der Waals surface area contributed by atoms with Gasteiger partial charge in [-0.3, -0.25) is 9.69 Å². The zero-order valence-electron chi connectivity index (χ0n) is 17.0. The minimum absolute atomic E-state index is 0.0323. The first-order valence-electron chi connectivity index (χ1n) is 10.1. The molecule has 0 aromatic heterocycles. The standard InChI is InChI=1S/C23H19F3N4O2/c24-19-2-1-14(5-16(19)9-27)22-12-29-3-4-30(11-18(29)13-32-22)23(31)8-15-6-21(26)17(10-28)7-20(15)25/h1-2,5-7,18,22H,3-4,8,11-13H2/t18-,22-/m0/s1. The molecule has 2 heterocycles. The van der Waals surface area contributed by atoms with Crippen molar-refractivity contribution in [2.45, 2.75) is 18.6 Å². The number of amides is 1. The van der Waals surface area contributed by atoms with Crippen LogP contribution in [0.4, 0.5) is 13.2 Å². The van der Waals surface area contributed by atoms with Gasteiger partial charge in [0.05, 0.1) is 36.3 Å². The molecule has 0 bridgehead atoms. The van der Waals surface area contributed by atoms with Crippen LogP contribution in [0, 0.1) is 40.1 Å². The van der Waals surface area contributed by atoms with E-state index in [9.17, 15) is 18.0 Å². The maximum absolute atomic E-state index is 14.1. The summed E-state index contributed by atoms with van der Waals surface area (Å²) < 4.78 is 47.5. The Bertz CT molecular complexity index is 1140. The van der Waals surface area contributed by atoms with E-state index in [0.717, 1.165) is 17.7 Å². The lowest BCUT2D eigenvalue weighted by Crippen LogP contribution is -2.59. The number of rotatable bonds is 3. The molecule has 0 radical (unpaired) electrons. The third-order valence-electron chi connectivity index (χ3n) is 5.93. The van der Waals surface area contributed by atoms with Crippen LogP contribution in [0.5, 0.6) is 0 Å². The molecule has 0 saturated carbocycles. The molecule has 2 aliphatic heterocycles. The van der Waals surface area contributed by atoms with Crippen molar-refractivity contribution in [1.29, 1.82) is 10.5 Å². The molecule has 9 heteroatoms. The predicted octanol–water partition coefficient (Wildman–Crippen LogP) is 2.67. The summed E-state index contributed by atoms with van der Waals surface area (Å²) in [4.78, 5) is 16.5. The first-order valence-corrected chi connectivity index (χ1v) is 10.1. The van der Waals surface area contributed by atoms with Crippen LogP contribution in [-0.2, 0) is 16.0 Å². The van der Waals surface area contributed by atoms with Gasteiger partial charge in [-0.2, -0.15) is 10.5 Å². The number of hydrogen-bond donors (Lipinski definition) is 0. The molecule has 2 saturated heterocycles. The van der Waals surface area contributed by atoms with E-state index in [0.29, 0.717) is 32.8 Å². The van der Waals surface area contributed by atoms with E-state index in [1.807, 2.05) is 6.07 Å². The normalized spacial score (nSPS) is 20.8. The molecule has 0 spiro atoms. The average Bonchev–Trinajstić information content (AvgIpc) is 2.80. The minimum atomic E-state index is -0.853. The molecule has 1 amide bonds. The summed E-state index contributed by atoms with van der Waals surface area (Å²) in [6.07, 6.45) is -0.603. The van der Waals surface area contributed by atoms with Gasteiger partial charge < -0.3 is 9.64 Å². The summed E-state index contributed by atoms with van der Waals surface area (Å²) >= 11 is 0. The molecule has 6 nitrogen and oxygen atoms in total. The Morgan fingerprint density at radius 3 is 2.50 bits per heavy atom. The van der Waals surface area contributed by atoms with E-state index < -0.39 is 23.0 Å². The van der Waals surface area contributed by atoms with Gasteiger partial charge in [0.25, 0.3) is 0 Å². The van der Waals surface area contributed by atoms with Crippen LogP contribution in [0.3, 0.4) is 0 Å². The van der Waals surface area contributed by atoms with Gasteiger partial charge in [0, 0.05) is 31.7 Å². The first-order chi connectivity index (χ1) is 15.4. The molecule has 2 aromatic carbocycles. The molecule has 0 aliphatic carbocycles. The summed E-state index contributed by atoms with van der Waals surface area (Å²) in [6.45, 7) is 2.27. The van der Waals surface area contributed by atoms with Gasteiger partial charge in [-0.15, -0.1) is 0 Å². The van der Waals surface area contributed by atoms with Crippen molar-refractivity contribution in [2.75, 3.05) is 32.8 Å². The van der Waals surface area contributed by atoms with Gasteiger partial charge in [0.2, 0.25) is 5.91 Å². The number of halogens is 3. The summed E-state index contributed by atoms with van der Waals surface area (Å²) in [6, 6.07) is 9.40. The van der Waals surface area contributed by atoms with Crippen LogP contribution in [0.25, 0.3) is 0 Å². The summed E-state index contributed by atoms with van der Waals surface area (Å²) in [5.41, 5.74) is 0.205. The fourth-order valence-corrected chi connectivity index (χ4v) is 4.13. The average molecular weight is 440 g/mol. The first kappa shape index (κ1) is 21.8. The van der Waals surface area contributed by atoms with Crippen LogP contribution < -0.4 is 0 Å². The van der Waals surface area contributed by atoms with E-state index >= 15 is 0 Å². The molecule has 0 N–H and O–H groups in total. The highest BCUT2D eigenvalue weighted by Gasteiger charge is 2.35. The second-order valence-electron chi connectivity index (χ2n) is 7.87. The Labute approximate surface area is 183 Å². The third-order valence-corrected chi connectivity index (χ3v) is 5.93. The number of carbonyl (C=O) groups excluding carboxylic acids is 1. The SMILES string of the molecule is N#Cc1cc([C@@H]2CN3CCN(C(=O)Cc4cc(F)c(C#N)cc4F)C[C@H]3CO2)ccc1F. The number of nitrogens with zero attached hydrogens (tertiary/aromatic N) is 4. The van der Waals surface area contributed by atoms with Crippen molar-refractivity contribution in [3.8, 4) is 12.1 Å². The number of ether oxygens (including phenoxy) is 1. The minimum Gasteiger partial charge on any atom is -0.370 e. The molecule has 2 fully saturated rings. The van der Waals surface area contributed by atoms with E-state index in [1.165, 1.54) is 12.1 Å². The number of benzene rings is 2. The van der Waals surface area contributed by atoms with Gasteiger partial charge in [-0.25, -0.2) is 13.2 Å². The van der Waals surface area contributed by atoms with E-state index in [1.54, 1.807) is 17.0 Å². The van der Waals surface area contributed by atoms with Crippen LogP contribution in [0.1, 0.15) is 28.4 Å². The maximum Gasteiger partial charge on any atom is 0.227 e. The molecule has 164 valence electrons. The van der Waals surface area contributed by atoms with Gasteiger partial charge in [-0.05, 0) is 29.8 Å². The Morgan fingerprint density at radius 1 is 1.00 bits per heavy atom. The summed E-state index contributed by atoms with van der Waals surface area (Å²) in [5, 5.41) is 17.8. The molecule has 2 atom stereocenters. The Balaban J connectivity index is 1.38. The number of carbonyl (C=O) groups is 1. The summed E-state index contributed by atoms with van der Waals surface area (Å²) in [7, 11) is 0. The van der Waals surface area contributed by atoms with E-state index in [4.69, 9.17) is 15.3 Å². The highest BCUT2D eigenvalue weighted by molar-refractivity contribution is 5.79. The fraction of sp³-hybridized carbons (Fsp3) is 0.348. The van der Waals surface area contributed by atoms with Crippen molar-refractivity contribution < 1.29 is 22.7 Å². The Morgan fingerprint density at radius 2 is 1.75 bits per heavy atom. The van der Waals surface area contributed by atoms with Gasteiger partial charge in [0.1, 0.15) is 29.6 Å². The van der Waals surface area contributed by atoms with Crippen LogP contribution >= 0.6 is 0 Å². The van der Waals surface area contributed by atoms with E-state index in [-0.39, 0.29) is 35.6 Å². The maximum atomic E-state index is 14.1. The van der Waals surface area contributed by atoms with Gasteiger partial charge >= 0.3 is 0 Å². The van der Waals surface area contributed by atoms with Gasteiger partial charge in [0.15, 0.2) is 0 Å². The lowest BCUT2D eigenvalue weighted by Gasteiger charge is -2.46. The fourth-order valence-electron chi connectivity index (χ4n) is 4.13. The van der Waals surface area contributed by atoms with Crippen molar-refractivity contribution >= 4 is 5.91 Å². The largest absolute Gasteiger partial charge is 0.370 e.